The molecule has 0 atom stereocenters. The highest BCUT2D eigenvalue weighted by Gasteiger charge is 2.23. The Morgan fingerprint density at radius 3 is 2.52 bits per heavy atom. The Kier molecular flexibility index (Phi) is 3.35. The quantitative estimate of drug-likeness (QED) is 0.612. The molecule has 0 bridgehead atoms. The summed E-state index contributed by atoms with van der Waals surface area (Å²) in [5.41, 5.74) is 2.96. The average Bonchev–Trinajstić information content (AvgIpc) is 2.88. The third-order valence-corrected chi connectivity index (χ3v) is 3.46. The normalized spacial score (nSPS) is 12.4. The minimum absolute atomic E-state index is 0.126. The lowest BCUT2D eigenvalue weighted by molar-refractivity contribution is 0.333. The highest BCUT2D eigenvalue weighted by atomic mass is 16.5. The smallest absolute Gasteiger partial charge is 0.324 e. The van der Waals surface area contributed by atoms with Crippen LogP contribution in [0.25, 0.3) is 9.69 Å². The number of rotatable bonds is 2. The maximum absolute atomic E-state index is 7.10. The van der Waals surface area contributed by atoms with Crippen LogP contribution in [0.5, 0.6) is 11.5 Å². The zero-order valence-corrected chi connectivity index (χ0v) is 11.5. The summed E-state index contributed by atoms with van der Waals surface area (Å²) in [6, 6.07) is 10.8. The molecule has 1 aliphatic heterocycles. The van der Waals surface area contributed by atoms with E-state index in [0.717, 1.165) is 5.56 Å². The summed E-state index contributed by atoms with van der Waals surface area (Å²) >= 11 is 0. The zero-order valence-electron chi connectivity index (χ0n) is 11.5. The minimum atomic E-state index is 0.126. The number of fused-ring (bicyclic) bond motifs is 1. The summed E-state index contributed by atoms with van der Waals surface area (Å²) < 4.78 is 11.3. The molecule has 0 fully saturated rings. The van der Waals surface area contributed by atoms with E-state index in [1.54, 1.807) is 18.2 Å². The van der Waals surface area contributed by atoms with Crippen LogP contribution in [0.3, 0.4) is 0 Å². The van der Waals surface area contributed by atoms with Crippen molar-refractivity contribution in [1.82, 2.24) is 0 Å². The Morgan fingerprint density at radius 1 is 1.05 bits per heavy atom. The van der Waals surface area contributed by atoms with E-state index in [9.17, 15) is 0 Å². The second-order valence-electron chi connectivity index (χ2n) is 4.79. The monoisotopic (exact) mass is 274 g/mol. The highest BCUT2D eigenvalue weighted by Crippen LogP contribution is 2.34. The van der Waals surface area contributed by atoms with Crippen LogP contribution in [0, 0.1) is 13.1 Å². The van der Waals surface area contributed by atoms with Crippen LogP contribution in [-0.2, 0) is 11.3 Å². The Labute approximate surface area is 123 Å². The van der Waals surface area contributed by atoms with Gasteiger partial charge in [0.15, 0.2) is 11.4 Å². The molecule has 0 amide bonds. The van der Waals surface area contributed by atoms with E-state index in [-0.39, 0.29) is 6.92 Å². The van der Waals surface area contributed by atoms with Gasteiger partial charge in [0, 0.05) is 0 Å². The Hall–Kier alpha value is -2.76. The molecule has 0 radical (unpaired) electrons. The van der Waals surface area contributed by atoms with Crippen molar-refractivity contribution in [3.05, 3.63) is 64.8 Å². The van der Waals surface area contributed by atoms with Crippen LogP contribution in [0.15, 0.2) is 36.4 Å². The molecule has 2 aromatic carbocycles. The summed E-state index contributed by atoms with van der Waals surface area (Å²) in [7, 11) is 0. The fraction of sp³-hybridized carbons (Fsp3) is 0.125. The van der Waals surface area contributed by atoms with E-state index >= 15 is 0 Å². The topological polar surface area (TPSA) is 27.2 Å². The first-order valence-corrected chi connectivity index (χ1v) is 6.52. The van der Waals surface area contributed by atoms with Gasteiger partial charge in [0.2, 0.25) is 0 Å². The van der Waals surface area contributed by atoms with Crippen LogP contribution < -0.4 is 10.2 Å². The fourth-order valence-corrected chi connectivity index (χ4v) is 2.36. The molecule has 4 nitrogen and oxygen atoms in total. The van der Waals surface area contributed by atoms with Gasteiger partial charge in [-0.1, -0.05) is 19.0 Å². The van der Waals surface area contributed by atoms with Gasteiger partial charge in [-0.25, -0.2) is 4.85 Å². The second kappa shape index (κ2) is 5.32. The van der Waals surface area contributed by atoms with Gasteiger partial charge in [-0.3, -0.25) is 4.85 Å². The van der Waals surface area contributed by atoms with Crippen molar-refractivity contribution in [2.75, 3.05) is 0 Å². The lowest BCUT2D eigenvalue weighted by atomic mass is 9.64. The van der Waals surface area contributed by atoms with Gasteiger partial charge < -0.3 is 9.39 Å². The van der Waals surface area contributed by atoms with Crippen molar-refractivity contribution in [1.29, 1.82) is 0 Å². The van der Waals surface area contributed by atoms with Gasteiger partial charge >= 0.3 is 6.92 Å². The molecule has 2 aromatic rings. The number of hydrogen-bond acceptors (Lipinski definition) is 2. The summed E-state index contributed by atoms with van der Waals surface area (Å²) in [6.45, 7) is 16.9. The molecule has 5 heteroatoms. The predicted octanol–water partition coefficient (Wildman–Crippen LogP) is 3.94. The van der Waals surface area contributed by atoms with Gasteiger partial charge in [0.25, 0.3) is 0 Å². The van der Waals surface area contributed by atoms with Crippen molar-refractivity contribution in [2.24, 2.45) is 0 Å². The van der Waals surface area contributed by atoms with E-state index in [2.05, 4.69) is 9.69 Å². The molecule has 0 aromatic heterocycles. The fourth-order valence-electron chi connectivity index (χ4n) is 2.36. The molecule has 0 spiro atoms. The minimum Gasteiger partial charge on any atom is -0.459 e. The van der Waals surface area contributed by atoms with Crippen LogP contribution >= 0.6 is 0 Å². The summed E-state index contributed by atoms with van der Waals surface area (Å²) in [5.74, 6) is 1.26. The van der Waals surface area contributed by atoms with E-state index in [4.69, 9.17) is 22.5 Å². The van der Waals surface area contributed by atoms with Gasteiger partial charge in [0.05, 0.1) is 19.8 Å². The first-order chi connectivity index (χ1) is 10.2. The van der Waals surface area contributed by atoms with Crippen LogP contribution in [0.1, 0.15) is 5.56 Å². The molecule has 3 rings (SSSR count). The number of hydrogen-bond donors (Lipinski definition) is 0. The third-order valence-electron chi connectivity index (χ3n) is 3.46. The molecule has 0 saturated heterocycles. The van der Waals surface area contributed by atoms with E-state index in [1.807, 2.05) is 25.0 Å². The van der Waals surface area contributed by atoms with Gasteiger partial charge in [0.1, 0.15) is 11.5 Å². The molecular weight excluding hydrogens is 263 g/mol. The second-order valence-corrected chi connectivity index (χ2v) is 4.79. The molecule has 100 valence electrons. The SMILES string of the molecule is [C-]#[N+]c1ccc(Oc2ccc3c(c2)COB3C)cc1[N+]#[C-]. The molecule has 0 unspecified atom stereocenters. The van der Waals surface area contributed by atoms with Gasteiger partial charge in [-0.2, -0.15) is 0 Å². The van der Waals surface area contributed by atoms with Crippen LogP contribution in [0.4, 0.5) is 11.4 Å². The average molecular weight is 274 g/mol. The molecule has 1 heterocycles. The molecule has 1 aliphatic rings. The van der Waals surface area contributed by atoms with Crippen LogP contribution in [0.2, 0.25) is 6.82 Å². The highest BCUT2D eigenvalue weighted by molar-refractivity contribution is 6.67. The predicted molar refractivity (Wildman–Crippen MR) is 81.5 cm³/mol. The van der Waals surface area contributed by atoms with Crippen molar-refractivity contribution < 1.29 is 9.39 Å². The van der Waals surface area contributed by atoms with E-state index in [1.165, 1.54) is 5.46 Å². The van der Waals surface area contributed by atoms with Gasteiger partial charge in [-0.05, 0) is 35.3 Å². The molecule has 21 heavy (non-hydrogen) atoms. The Balaban J connectivity index is 1.88. The summed E-state index contributed by atoms with van der Waals surface area (Å²) in [6.07, 6.45) is 0. The van der Waals surface area contributed by atoms with E-state index in [0.29, 0.717) is 29.5 Å². The maximum Gasteiger partial charge on any atom is 0.324 e. The lowest BCUT2D eigenvalue weighted by Crippen LogP contribution is -2.23. The first kappa shape index (κ1) is 13.2. The van der Waals surface area contributed by atoms with Crippen molar-refractivity contribution >= 4 is 23.8 Å². The van der Waals surface area contributed by atoms with Crippen molar-refractivity contribution in [3.63, 3.8) is 0 Å². The lowest BCUT2D eigenvalue weighted by Gasteiger charge is -2.08. The molecule has 0 aliphatic carbocycles. The molecule has 0 saturated carbocycles. The number of benzene rings is 2. The van der Waals surface area contributed by atoms with Crippen molar-refractivity contribution in [3.8, 4) is 11.5 Å². The molecule has 0 N–H and O–H groups in total. The summed E-state index contributed by atoms with van der Waals surface area (Å²) in [5, 5.41) is 0. The summed E-state index contributed by atoms with van der Waals surface area (Å²) in [4.78, 5) is 6.66. The van der Waals surface area contributed by atoms with Gasteiger partial charge in [-0.15, -0.1) is 0 Å². The zero-order chi connectivity index (χ0) is 14.8. The first-order valence-electron chi connectivity index (χ1n) is 6.52. The number of ether oxygens (including phenoxy) is 1. The Bertz CT molecular complexity index is 790. The largest absolute Gasteiger partial charge is 0.459 e. The molecular formula is C16H11BN2O2. The maximum atomic E-state index is 7.10. The van der Waals surface area contributed by atoms with E-state index < -0.39 is 0 Å². The Morgan fingerprint density at radius 2 is 1.76 bits per heavy atom. The van der Waals surface area contributed by atoms with Crippen LogP contribution in [-0.4, -0.2) is 6.92 Å². The van der Waals surface area contributed by atoms with Crippen molar-refractivity contribution in [2.45, 2.75) is 13.4 Å². The standard InChI is InChI=1S/C16H11BN2O2/c1-17-14-6-4-12(8-11(14)10-20-17)21-13-5-7-15(18-2)16(9-13)19-3/h4-9H,10H2,1H3. The number of nitrogens with zero attached hydrogens (tertiary/aromatic N) is 2. The third kappa shape index (κ3) is 2.47.